The number of nitrogens with zero attached hydrogens (tertiary/aromatic N) is 1. The lowest BCUT2D eigenvalue weighted by Crippen LogP contribution is -2.19. The fourth-order valence-corrected chi connectivity index (χ4v) is 2.19. The maximum atomic E-state index is 5.61. The largest absolute Gasteiger partial charge is 0.383 e. The van der Waals surface area contributed by atoms with Crippen molar-refractivity contribution in [2.24, 2.45) is 11.1 Å². The van der Waals surface area contributed by atoms with Gasteiger partial charge in [0.2, 0.25) is 0 Å². The molecule has 0 aliphatic heterocycles. The van der Waals surface area contributed by atoms with E-state index in [1.165, 1.54) is 12.8 Å². The normalized spacial score (nSPS) is 17.5. The summed E-state index contributed by atoms with van der Waals surface area (Å²) in [6, 6.07) is 1.99. The second kappa shape index (κ2) is 4.49. The van der Waals surface area contributed by atoms with E-state index in [-0.39, 0.29) is 0 Å². The van der Waals surface area contributed by atoms with Crippen LogP contribution >= 0.6 is 15.9 Å². The smallest absolute Gasteiger partial charge is 0.0590 e. The van der Waals surface area contributed by atoms with E-state index in [1.807, 2.05) is 12.3 Å². The molecule has 1 heterocycles. The van der Waals surface area contributed by atoms with E-state index in [0.29, 0.717) is 5.41 Å². The quantitative estimate of drug-likeness (QED) is 0.863. The first kappa shape index (κ1) is 10.9. The molecule has 0 bridgehead atoms. The van der Waals surface area contributed by atoms with Crippen molar-refractivity contribution in [3.05, 3.63) is 22.9 Å². The first-order valence-electron chi connectivity index (χ1n) is 5.29. The molecule has 0 spiro atoms. The highest BCUT2D eigenvalue weighted by molar-refractivity contribution is 9.10. The molecule has 3 nitrogen and oxygen atoms in total. The van der Waals surface area contributed by atoms with Gasteiger partial charge in [0.15, 0.2) is 0 Å². The molecule has 0 radical (unpaired) electrons. The summed E-state index contributed by atoms with van der Waals surface area (Å²) in [6.07, 6.45) is 7.35. The number of nitrogens with two attached hydrogens (primary N) is 1. The predicted molar refractivity (Wildman–Crippen MR) is 65.8 cm³/mol. The van der Waals surface area contributed by atoms with E-state index in [0.717, 1.165) is 29.7 Å². The Hall–Kier alpha value is -0.610. The van der Waals surface area contributed by atoms with Crippen LogP contribution in [0.3, 0.4) is 0 Å². The van der Waals surface area contributed by atoms with Gasteiger partial charge >= 0.3 is 0 Å². The molecule has 4 heteroatoms. The highest BCUT2D eigenvalue weighted by Crippen LogP contribution is 2.48. The maximum absolute atomic E-state index is 5.61. The van der Waals surface area contributed by atoms with Crippen molar-refractivity contribution in [2.45, 2.75) is 19.3 Å². The monoisotopic (exact) mass is 269 g/mol. The van der Waals surface area contributed by atoms with Crippen LogP contribution in [0.15, 0.2) is 22.9 Å². The third-order valence-electron chi connectivity index (χ3n) is 3.06. The summed E-state index contributed by atoms with van der Waals surface area (Å²) in [7, 11) is 0. The van der Waals surface area contributed by atoms with Crippen LogP contribution in [0.2, 0.25) is 0 Å². The van der Waals surface area contributed by atoms with E-state index < -0.39 is 0 Å². The number of rotatable bonds is 5. The minimum absolute atomic E-state index is 0.470. The SMILES string of the molecule is NCCC1(CNc2ccncc2Br)CC1. The van der Waals surface area contributed by atoms with Crippen molar-refractivity contribution in [3.63, 3.8) is 0 Å². The van der Waals surface area contributed by atoms with Crippen molar-refractivity contribution in [1.29, 1.82) is 0 Å². The number of pyridine rings is 1. The topological polar surface area (TPSA) is 50.9 Å². The Morgan fingerprint density at radius 2 is 2.33 bits per heavy atom. The van der Waals surface area contributed by atoms with Gasteiger partial charge in [0.05, 0.1) is 10.2 Å². The van der Waals surface area contributed by atoms with Crippen LogP contribution in [-0.4, -0.2) is 18.1 Å². The summed E-state index contributed by atoms with van der Waals surface area (Å²) >= 11 is 3.47. The van der Waals surface area contributed by atoms with Crippen LogP contribution in [-0.2, 0) is 0 Å². The third kappa shape index (κ3) is 2.69. The second-order valence-electron chi connectivity index (χ2n) is 4.25. The van der Waals surface area contributed by atoms with Crippen molar-refractivity contribution >= 4 is 21.6 Å². The van der Waals surface area contributed by atoms with E-state index in [1.54, 1.807) is 6.20 Å². The fraction of sp³-hybridized carbons (Fsp3) is 0.545. The zero-order valence-electron chi connectivity index (χ0n) is 8.67. The zero-order valence-corrected chi connectivity index (χ0v) is 10.3. The van der Waals surface area contributed by atoms with Gasteiger partial charge in [-0.3, -0.25) is 4.98 Å². The van der Waals surface area contributed by atoms with E-state index in [4.69, 9.17) is 5.73 Å². The number of anilines is 1. The highest BCUT2D eigenvalue weighted by Gasteiger charge is 2.41. The average Bonchev–Trinajstić information content (AvgIpc) is 2.98. The number of nitrogens with one attached hydrogen (secondary N) is 1. The molecule has 1 aliphatic rings. The van der Waals surface area contributed by atoms with Gasteiger partial charge in [-0.05, 0) is 53.2 Å². The molecule has 3 N–H and O–H groups in total. The summed E-state index contributed by atoms with van der Waals surface area (Å²) in [5, 5.41) is 3.46. The van der Waals surface area contributed by atoms with Crippen LogP contribution in [0.5, 0.6) is 0 Å². The first-order chi connectivity index (χ1) is 7.26. The number of halogens is 1. The fourth-order valence-electron chi connectivity index (χ4n) is 1.80. The van der Waals surface area contributed by atoms with Gasteiger partial charge in [-0.1, -0.05) is 0 Å². The molecule has 1 saturated carbocycles. The van der Waals surface area contributed by atoms with E-state index in [2.05, 4.69) is 26.2 Å². The van der Waals surface area contributed by atoms with Gasteiger partial charge in [-0.2, -0.15) is 0 Å². The van der Waals surface area contributed by atoms with Gasteiger partial charge in [-0.15, -0.1) is 0 Å². The van der Waals surface area contributed by atoms with Crippen LogP contribution in [0.25, 0.3) is 0 Å². The Morgan fingerprint density at radius 1 is 1.53 bits per heavy atom. The molecule has 1 aromatic rings. The van der Waals surface area contributed by atoms with Crippen LogP contribution in [0, 0.1) is 5.41 Å². The summed E-state index contributed by atoms with van der Waals surface area (Å²) in [4.78, 5) is 4.03. The van der Waals surface area contributed by atoms with E-state index in [9.17, 15) is 0 Å². The molecule has 0 aromatic carbocycles. The third-order valence-corrected chi connectivity index (χ3v) is 3.69. The van der Waals surface area contributed by atoms with E-state index >= 15 is 0 Å². The number of hydrogen-bond donors (Lipinski definition) is 2. The minimum atomic E-state index is 0.470. The Bertz CT molecular complexity index is 336. The molecule has 82 valence electrons. The van der Waals surface area contributed by atoms with Gasteiger partial charge in [0, 0.05) is 18.9 Å². The highest BCUT2D eigenvalue weighted by atomic mass is 79.9. The minimum Gasteiger partial charge on any atom is -0.383 e. The summed E-state index contributed by atoms with van der Waals surface area (Å²) in [5.41, 5.74) is 7.19. The molecule has 1 fully saturated rings. The van der Waals surface area contributed by atoms with Gasteiger partial charge in [0.1, 0.15) is 0 Å². The van der Waals surface area contributed by atoms with Crippen molar-refractivity contribution in [2.75, 3.05) is 18.4 Å². The predicted octanol–water partition coefficient (Wildman–Crippen LogP) is 2.38. The second-order valence-corrected chi connectivity index (χ2v) is 5.10. The van der Waals surface area contributed by atoms with Crippen LogP contribution in [0.4, 0.5) is 5.69 Å². The van der Waals surface area contributed by atoms with Gasteiger partial charge < -0.3 is 11.1 Å². The van der Waals surface area contributed by atoms with Crippen molar-refractivity contribution < 1.29 is 0 Å². The molecular formula is C11H16BrN3. The molecule has 1 aromatic heterocycles. The Labute approximate surface area is 98.6 Å². The molecular weight excluding hydrogens is 254 g/mol. The average molecular weight is 270 g/mol. The van der Waals surface area contributed by atoms with Crippen LogP contribution in [0.1, 0.15) is 19.3 Å². The first-order valence-corrected chi connectivity index (χ1v) is 6.09. The van der Waals surface area contributed by atoms with Crippen LogP contribution < -0.4 is 11.1 Å². The lowest BCUT2D eigenvalue weighted by Gasteiger charge is -2.16. The van der Waals surface area contributed by atoms with Crippen molar-refractivity contribution in [3.8, 4) is 0 Å². The maximum Gasteiger partial charge on any atom is 0.0590 e. The number of aromatic nitrogens is 1. The molecule has 0 unspecified atom stereocenters. The summed E-state index contributed by atoms with van der Waals surface area (Å²) in [6.45, 7) is 1.81. The molecule has 0 amide bonds. The Morgan fingerprint density at radius 3 is 2.93 bits per heavy atom. The lowest BCUT2D eigenvalue weighted by molar-refractivity contribution is 0.501. The van der Waals surface area contributed by atoms with Gasteiger partial charge in [-0.25, -0.2) is 0 Å². The zero-order chi connectivity index (χ0) is 10.7. The molecule has 15 heavy (non-hydrogen) atoms. The summed E-state index contributed by atoms with van der Waals surface area (Å²) < 4.78 is 1.02. The lowest BCUT2D eigenvalue weighted by atomic mass is 10.0. The Balaban J connectivity index is 1.91. The van der Waals surface area contributed by atoms with Gasteiger partial charge in [0.25, 0.3) is 0 Å². The Kier molecular flexibility index (Phi) is 3.26. The molecule has 1 aliphatic carbocycles. The number of hydrogen-bond acceptors (Lipinski definition) is 3. The standard InChI is InChI=1S/C11H16BrN3/c12-9-7-14-6-1-10(9)15-8-11(2-3-11)4-5-13/h1,6-7H,2-5,8,13H2,(H,14,15). The molecule has 2 rings (SSSR count). The summed E-state index contributed by atoms with van der Waals surface area (Å²) in [5.74, 6) is 0. The molecule has 0 saturated heterocycles. The van der Waals surface area contributed by atoms with Crippen molar-refractivity contribution in [1.82, 2.24) is 4.98 Å². The molecule has 0 atom stereocenters.